The summed E-state index contributed by atoms with van der Waals surface area (Å²) in [6, 6.07) is 0. The average molecular weight is 223 g/mol. The lowest BCUT2D eigenvalue weighted by molar-refractivity contribution is 0.400. The van der Waals surface area contributed by atoms with Gasteiger partial charge in [0.25, 0.3) is 0 Å². The van der Waals surface area contributed by atoms with Gasteiger partial charge in [0.05, 0.1) is 7.11 Å². The van der Waals surface area contributed by atoms with Crippen LogP contribution in [0.25, 0.3) is 11.2 Å². The molecule has 0 unspecified atom stereocenters. The number of H-pyrrole nitrogens is 1. The average Bonchev–Trinajstić information content (AvgIpc) is 2.54. The number of anilines is 1. The third kappa shape index (κ3) is 1.50. The summed E-state index contributed by atoms with van der Waals surface area (Å²) in [5, 5.41) is 0. The molecule has 0 atom stereocenters. The molecule has 0 saturated carbocycles. The number of nitrogens with zero attached hydrogens (tertiary/aromatic N) is 3. The second-order valence-electron chi connectivity index (χ2n) is 3.37. The molecule has 2 heterocycles. The van der Waals surface area contributed by atoms with Gasteiger partial charge in [0, 0.05) is 6.54 Å². The highest BCUT2D eigenvalue weighted by Crippen LogP contribution is 2.20. The fourth-order valence-corrected chi connectivity index (χ4v) is 1.63. The lowest BCUT2D eigenvalue weighted by Gasteiger charge is -2.04. The first-order chi connectivity index (χ1) is 7.67. The molecule has 3 N–H and O–H groups in total. The number of nitrogens with two attached hydrogens (primary N) is 1. The Hall–Kier alpha value is -2.05. The molecule has 0 fully saturated rings. The summed E-state index contributed by atoms with van der Waals surface area (Å²) >= 11 is 0. The predicted molar refractivity (Wildman–Crippen MR) is 59.4 cm³/mol. The van der Waals surface area contributed by atoms with Crippen LogP contribution in [0.1, 0.15) is 13.3 Å². The van der Waals surface area contributed by atoms with Crippen molar-refractivity contribution in [1.29, 1.82) is 0 Å². The molecule has 2 rings (SSSR count). The zero-order chi connectivity index (χ0) is 11.7. The summed E-state index contributed by atoms with van der Waals surface area (Å²) in [6.07, 6.45) is 0.834. The number of nitrogens with one attached hydrogen (secondary N) is 1. The van der Waals surface area contributed by atoms with E-state index < -0.39 is 0 Å². The third-order valence-electron chi connectivity index (χ3n) is 2.25. The first kappa shape index (κ1) is 10.5. The lowest BCUT2D eigenvalue weighted by atomic mass is 10.4. The Morgan fingerprint density at radius 1 is 1.50 bits per heavy atom. The summed E-state index contributed by atoms with van der Waals surface area (Å²) in [5.74, 6) is 0.392. The largest absolute Gasteiger partial charge is 0.479 e. The minimum Gasteiger partial charge on any atom is -0.479 e. The van der Waals surface area contributed by atoms with Crippen LogP contribution < -0.4 is 16.2 Å². The van der Waals surface area contributed by atoms with Crippen LogP contribution >= 0.6 is 0 Å². The summed E-state index contributed by atoms with van der Waals surface area (Å²) in [5.41, 5.74) is 6.24. The van der Waals surface area contributed by atoms with Crippen LogP contribution in [0.3, 0.4) is 0 Å². The van der Waals surface area contributed by atoms with E-state index in [2.05, 4.69) is 15.0 Å². The van der Waals surface area contributed by atoms with Gasteiger partial charge in [-0.1, -0.05) is 6.92 Å². The van der Waals surface area contributed by atoms with Crippen LogP contribution in [0, 0.1) is 0 Å². The highest BCUT2D eigenvalue weighted by Gasteiger charge is 2.14. The Kier molecular flexibility index (Phi) is 2.51. The molecule has 2 aromatic heterocycles. The number of aromatic amines is 1. The van der Waals surface area contributed by atoms with E-state index in [4.69, 9.17) is 10.5 Å². The van der Waals surface area contributed by atoms with E-state index in [9.17, 15) is 4.79 Å². The Morgan fingerprint density at radius 3 is 2.88 bits per heavy atom. The van der Waals surface area contributed by atoms with E-state index in [1.807, 2.05) is 6.92 Å². The van der Waals surface area contributed by atoms with Crippen molar-refractivity contribution in [2.75, 3.05) is 12.8 Å². The molecule has 0 aliphatic carbocycles. The van der Waals surface area contributed by atoms with Gasteiger partial charge >= 0.3 is 5.69 Å². The second-order valence-corrected chi connectivity index (χ2v) is 3.37. The minimum absolute atomic E-state index is 0.0780. The highest BCUT2D eigenvalue weighted by atomic mass is 16.5. The van der Waals surface area contributed by atoms with Crippen molar-refractivity contribution in [2.24, 2.45) is 0 Å². The Morgan fingerprint density at radius 2 is 2.25 bits per heavy atom. The second kappa shape index (κ2) is 3.84. The molecular formula is C9H13N5O2. The first-order valence-corrected chi connectivity index (χ1v) is 4.97. The molecule has 0 amide bonds. The van der Waals surface area contributed by atoms with E-state index >= 15 is 0 Å². The number of nitrogen functional groups attached to an aromatic ring is 1. The Bertz CT molecular complexity index is 571. The number of rotatable bonds is 3. The normalized spacial score (nSPS) is 10.9. The molecule has 16 heavy (non-hydrogen) atoms. The maximum Gasteiger partial charge on any atom is 0.327 e. The molecule has 0 radical (unpaired) electrons. The van der Waals surface area contributed by atoms with E-state index in [-0.39, 0.29) is 11.6 Å². The molecule has 86 valence electrons. The summed E-state index contributed by atoms with van der Waals surface area (Å²) in [4.78, 5) is 22.2. The fourth-order valence-electron chi connectivity index (χ4n) is 1.63. The molecule has 0 aliphatic heterocycles. The van der Waals surface area contributed by atoms with Gasteiger partial charge in [-0.3, -0.25) is 9.55 Å². The van der Waals surface area contributed by atoms with Crippen LogP contribution in [0.4, 0.5) is 5.95 Å². The van der Waals surface area contributed by atoms with Crippen molar-refractivity contribution in [2.45, 2.75) is 19.9 Å². The van der Waals surface area contributed by atoms with Gasteiger partial charge in [0.15, 0.2) is 11.2 Å². The minimum atomic E-state index is -0.227. The third-order valence-corrected chi connectivity index (χ3v) is 2.25. The summed E-state index contributed by atoms with van der Waals surface area (Å²) in [7, 11) is 1.48. The number of fused-ring (bicyclic) bond motifs is 1. The van der Waals surface area contributed by atoms with Gasteiger partial charge in [0.1, 0.15) is 0 Å². The monoisotopic (exact) mass is 223 g/mol. The van der Waals surface area contributed by atoms with Crippen molar-refractivity contribution in [3.63, 3.8) is 0 Å². The number of imidazole rings is 1. The SMILES string of the molecule is CCCn1c(=O)[nH]c2nc(N)nc(OC)c21. The van der Waals surface area contributed by atoms with E-state index in [0.717, 1.165) is 6.42 Å². The van der Waals surface area contributed by atoms with Gasteiger partial charge in [-0.15, -0.1) is 0 Å². The van der Waals surface area contributed by atoms with Gasteiger partial charge in [-0.25, -0.2) is 4.79 Å². The molecule has 0 bridgehead atoms. The molecule has 0 aromatic carbocycles. The summed E-state index contributed by atoms with van der Waals surface area (Å²) < 4.78 is 6.65. The standard InChI is InChI=1S/C9H13N5O2/c1-3-4-14-5-6(12-9(14)15)11-8(10)13-7(5)16-2/h3-4H2,1-2H3,(H3,10,11,12,13,15). The molecule has 0 saturated heterocycles. The molecule has 0 spiro atoms. The number of aromatic nitrogens is 4. The number of aryl methyl sites for hydroxylation is 1. The van der Waals surface area contributed by atoms with Gasteiger partial charge in [-0.05, 0) is 6.42 Å². The van der Waals surface area contributed by atoms with Crippen LogP contribution in [-0.4, -0.2) is 26.6 Å². The van der Waals surface area contributed by atoms with Crippen molar-refractivity contribution in [3.8, 4) is 5.88 Å². The van der Waals surface area contributed by atoms with Crippen molar-refractivity contribution >= 4 is 17.1 Å². The predicted octanol–water partition coefficient (Wildman–Crippen LogP) is 0.120. The smallest absolute Gasteiger partial charge is 0.327 e. The maximum atomic E-state index is 11.7. The Labute approximate surface area is 91.3 Å². The van der Waals surface area contributed by atoms with Gasteiger partial charge in [0.2, 0.25) is 11.8 Å². The van der Waals surface area contributed by atoms with Crippen LogP contribution in [0.5, 0.6) is 5.88 Å². The molecule has 7 nitrogen and oxygen atoms in total. The van der Waals surface area contributed by atoms with Crippen LogP contribution in [-0.2, 0) is 6.54 Å². The maximum absolute atomic E-state index is 11.7. The number of hydrogen-bond donors (Lipinski definition) is 2. The van der Waals surface area contributed by atoms with Crippen molar-refractivity contribution < 1.29 is 4.74 Å². The Balaban J connectivity index is 2.80. The van der Waals surface area contributed by atoms with E-state index in [1.165, 1.54) is 7.11 Å². The topological polar surface area (TPSA) is 98.8 Å². The van der Waals surface area contributed by atoms with Crippen LogP contribution in [0.2, 0.25) is 0 Å². The fraction of sp³-hybridized carbons (Fsp3) is 0.444. The van der Waals surface area contributed by atoms with Gasteiger partial charge in [-0.2, -0.15) is 9.97 Å². The van der Waals surface area contributed by atoms with E-state index in [1.54, 1.807) is 4.57 Å². The number of methoxy groups -OCH3 is 1. The molecular weight excluding hydrogens is 210 g/mol. The first-order valence-electron chi connectivity index (χ1n) is 4.97. The number of ether oxygens (including phenoxy) is 1. The molecule has 7 heteroatoms. The molecule has 2 aromatic rings. The van der Waals surface area contributed by atoms with E-state index in [0.29, 0.717) is 23.6 Å². The highest BCUT2D eigenvalue weighted by molar-refractivity contribution is 5.77. The van der Waals surface area contributed by atoms with Gasteiger partial charge < -0.3 is 10.5 Å². The zero-order valence-electron chi connectivity index (χ0n) is 9.15. The number of hydrogen-bond acceptors (Lipinski definition) is 5. The zero-order valence-corrected chi connectivity index (χ0v) is 9.15. The molecule has 0 aliphatic rings. The van der Waals surface area contributed by atoms with Crippen molar-refractivity contribution in [3.05, 3.63) is 10.5 Å². The quantitative estimate of drug-likeness (QED) is 0.770. The van der Waals surface area contributed by atoms with Crippen LogP contribution in [0.15, 0.2) is 4.79 Å². The van der Waals surface area contributed by atoms with Crippen molar-refractivity contribution in [1.82, 2.24) is 19.5 Å². The summed E-state index contributed by atoms with van der Waals surface area (Å²) in [6.45, 7) is 2.57. The lowest BCUT2D eigenvalue weighted by Crippen LogP contribution is -2.16.